The van der Waals surface area contributed by atoms with Crippen LogP contribution in [0.4, 0.5) is 0 Å². The first-order valence-corrected chi connectivity index (χ1v) is 6.93. The number of pyridine rings is 1. The Morgan fingerprint density at radius 1 is 1.53 bits per heavy atom. The molecule has 2 N–H and O–H groups in total. The minimum atomic E-state index is -0.279. The van der Waals surface area contributed by atoms with Gasteiger partial charge in [0.15, 0.2) is 0 Å². The van der Waals surface area contributed by atoms with Crippen LogP contribution in [0.3, 0.4) is 0 Å². The summed E-state index contributed by atoms with van der Waals surface area (Å²) in [4.78, 5) is 18.4. The van der Waals surface area contributed by atoms with Gasteiger partial charge in [-0.2, -0.15) is 0 Å². The Morgan fingerprint density at radius 3 is 2.79 bits per heavy atom. The van der Waals surface area contributed by atoms with Gasteiger partial charge in [-0.1, -0.05) is 6.07 Å². The SMILES string of the molecule is CC(C)(N)CCC(=O)N(Cc1cccnc1)C1CC1. The summed E-state index contributed by atoms with van der Waals surface area (Å²) >= 11 is 0. The van der Waals surface area contributed by atoms with E-state index >= 15 is 0 Å². The summed E-state index contributed by atoms with van der Waals surface area (Å²) in [6.45, 7) is 4.59. The van der Waals surface area contributed by atoms with Crippen LogP contribution in [0.25, 0.3) is 0 Å². The molecule has 0 radical (unpaired) electrons. The Balaban J connectivity index is 1.94. The Bertz CT molecular complexity index is 421. The van der Waals surface area contributed by atoms with Gasteiger partial charge in [-0.05, 0) is 44.7 Å². The van der Waals surface area contributed by atoms with Crippen LogP contribution in [0.2, 0.25) is 0 Å². The predicted molar refractivity (Wildman–Crippen MR) is 75.3 cm³/mol. The van der Waals surface area contributed by atoms with E-state index in [1.54, 1.807) is 6.20 Å². The molecule has 4 nitrogen and oxygen atoms in total. The zero-order valence-corrected chi connectivity index (χ0v) is 11.8. The van der Waals surface area contributed by atoms with E-state index < -0.39 is 0 Å². The number of nitrogens with zero attached hydrogens (tertiary/aromatic N) is 2. The second-order valence-corrected chi connectivity index (χ2v) is 6.10. The summed E-state index contributed by atoms with van der Waals surface area (Å²) in [5.74, 6) is 0.213. The predicted octanol–water partition coefficient (Wildman–Crippen LogP) is 2.09. The molecular weight excluding hydrogens is 238 g/mol. The maximum Gasteiger partial charge on any atom is 0.223 e. The average Bonchev–Trinajstić information content (AvgIpc) is 3.18. The molecule has 1 amide bonds. The van der Waals surface area contributed by atoms with Crippen LogP contribution >= 0.6 is 0 Å². The summed E-state index contributed by atoms with van der Waals surface area (Å²) in [5, 5.41) is 0. The van der Waals surface area contributed by atoms with Gasteiger partial charge in [0, 0.05) is 36.9 Å². The fraction of sp³-hybridized carbons (Fsp3) is 0.600. The van der Waals surface area contributed by atoms with Gasteiger partial charge in [0.2, 0.25) is 5.91 Å². The Kier molecular flexibility index (Phi) is 4.20. The number of carbonyl (C=O) groups excluding carboxylic acids is 1. The van der Waals surface area contributed by atoms with Crippen molar-refractivity contribution in [2.24, 2.45) is 5.73 Å². The van der Waals surface area contributed by atoms with Gasteiger partial charge >= 0.3 is 0 Å². The molecule has 0 aromatic carbocycles. The topological polar surface area (TPSA) is 59.2 Å². The van der Waals surface area contributed by atoms with Crippen molar-refractivity contribution in [2.45, 2.75) is 57.7 Å². The van der Waals surface area contributed by atoms with Crippen molar-refractivity contribution in [3.05, 3.63) is 30.1 Å². The molecule has 1 aliphatic carbocycles. The highest BCUT2D eigenvalue weighted by atomic mass is 16.2. The first-order chi connectivity index (χ1) is 8.96. The average molecular weight is 261 g/mol. The van der Waals surface area contributed by atoms with Crippen molar-refractivity contribution < 1.29 is 4.79 Å². The van der Waals surface area contributed by atoms with Crippen molar-refractivity contribution in [1.29, 1.82) is 0 Å². The molecule has 0 aliphatic heterocycles. The number of carbonyl (C=O) groups is 1. The van der Waals surface area contributed by atoms with Crippen molar-refractivity contribution in [1.82, 2.24) is 9.88 Å². The molecule has 104 valence electrons. The van der Waals surface area contributed by atoms with Crippen molar-refractivity contribution in [3.8, 4) is 0 Å². The highest BCUT2D eigenvalue weighted by Gasteiger charge is 2.32. The van der Waals surface area contributed by atoms with Gasteiger partial charge in [-0.15, -0.1) is 0 Å². The van der Waals surface area contributed by atoms with E-state index in [9.17, 15) is 4.79 Å². The molecule has 0 unspecified atom stereocenters. The first kappa shape index (κ1) is 14.0. The largest absolute Gasteiger partial charge is 0.335 e. The fourth-order valence-corrected chi connectivity index (χ4v) is 2.07. The maximum atomic E-state index is 12.3. The molecule has 1 aromatic rings. The Labute approximate surface area is 115 Å². The fourth-order valence-electron chi connectivity index (χ4n) is 2.07. The summed E-state index contributed by atoms with van der Waals surface area (Å²) in [5.41, 5.74) is 6.76. The third-order valence-corrected chi connectivity index (χ3v) is 3.37. The summed E-state index contributed by atoms with van der Waals surface area (Å²) in [6, 6.07) is 4.35. The summed E-state index contributed by atoms with van der Waals surface area (Å²) in [7, 11) is 0. The highest BCUT2D eigenvalue weighted by molar-refractivity contribution is 5.77. The molecule has 0 bridgehead atoms. The van der Waals surface area contributed by atoms with E-state index in [2.05, 4.69) is 4.98 Å². The van der Waals surface area contributed by atoms with Gasteiger partial charge in [-0.3, -0.25) is 9.78 Å². The molecule has 0 atom stereocenters. The normalized spacial score (nSPS) is 15.3. The summed E-state index contributed by atoms with van der Waals surface area (Å²) < 4.78 is 0. The Hall–Kier alpha value is -1.42. The van der Waals surface area contributed by atoms with Crippen molar-refractivity contribution in [2.75, 3.05) is 0 Å². The van der Waals surface area contributed by atoms with E-state index in [4.69, 9.17) is 5.73 Å². The molecule has 0 saturated heterocycles. The van der Waals surface area contributed by atoms with Gasteiger partial charge in [0.1, 0.15) is 0 Å². The molecule has 1 aromatic heterocycles. The van der Waals surface area contributed by atoms with Gasteiger partial charge in [0.05, 0.1) is 0 Å². The maximum absolute atomic E-state index is 12.3. The van der Waals surface area contributed by atoms with E-state index in [0.717, 1.165) is 24.8 Å². The van der Waals surface area contributed by atoms with Crippen LogP contribution in [-0.2, 0) is 11.3 Å². The van der Waals surface area contributed by atoms with E-state index in [-0.39, 0.29) is 11.4 Å². The van der Waals surface area contributed by atoms with Crippen LogP contribution in [0, 0.1) is 0 Å². The molecule has 1 heterocycles. The molecular formula is C15H23N3O. The molecule has 4 heteroatoms. The number of amides is 1. The van der Waals surface area contributed by atoms with Crippen LogP contribution in [-0.4, -0.2) is 27.4 Å². The quantitative estimate of drug-likeness (QED) is 0.853. The van der Waals surface area contributed by atoms with Gasteiger partial charge in [0.25, 0.3) is 0 Å². The van der Waals surface area contributed by atoms with Crippen molar-refractivity contribution >= 4 is 5.91 Å². The second kappa shape index (κ2) is 5.70. The first-order valence-electron chi connectivity index (χ1n) is 6.93. The lowest BCUT2D eigenvalue weighted by Gasteiger charge is -2.25. The lowest BCUT2D eigenvalue weighted by atomic mass is 9.99. The molecule has 2 rings (SSSR count). The molecule has 1 aliphatic rings. The minimum absolute atomic E-state index is 0.213. The molecule has 1 fully saturated rings. The summed E-state index contributed by atoms with van der Waals surface area (Å²) in [6.07, 6.45) is 7.08. The molecule has 1 saturated carbocycles. The lowest BCUT2D eigenvalue weighted by molar-refractivity contribution is -0.132. The van der Waals surface area contributed by atoms with Gasteiger partial charge < -0.3 is 10.6 Å². The number of aromatic nitrogens is 1. The van der Waals surface area contributed by atoms with Crippen LogP contribution < -0.4 is 5.73 Å². The van der Waals surface area contributed by atoms with E-state index in [1.807, 2.05) is 37.1 Å². The van der Waals surface area contributed by atoms with E-state index in [1.165, 1.54) is 0 Å². The standard InChI is InChI=1S/C15H23N3O/c1-15(2,16)8-7-14(19)18(13-5-6-13)11-12-4-3-9-17-10-12/h3-4,9-10,13H,5-8,11,16H2,1-2H3. The smallest absolute Gasteiger partial charge is 0.223 e. The number of hydrogen-bond acceptors (Lipinski definition) is 3. The van der Waals surface area contributed by atoms with Crippen LogP contribution in [0.5, 0.6) is 0 Å². The van der Waals surface area contributed by atoms with Crippen LogP contribution in [0.1, 0.15) is 45.1 Å². The monoisotopic (exact) mass is 261 g/mol. The zero-order valence-electron chi connectivity index (χ0n) is 11.8. The number of hydrogen-bond donors (Lipinski definition) is 1. The minimum Gasteiger partial charge on any atom is -0.335 e. The number of nitrogens with two attached hydrogens (primary N) is 1. The lowest BCUT2D eigenvalue weighted by Crippen LogP contribution is -2.37. The zero-order chi connectivity index (χ0) is 13.9. The highest BCUT2D eigenvalue weighted by Crippen LogP contribution is 2.29. The molecule has 0 spiro atoms. The Morgan fingerprint density at radius 2 is 2.26 bits per heavy atom. The van der Waals surface area contributed by atoms with Crippen LogP contribution in [0.15, 0.2) is 24.5 Å². The van der Waals surface area contributed by atoms with Crippen molar-refractivity contribution in [3.63, 3.8) is 0 Å². The number of rotatable bonds is 6. The molecule has 19 heavy (non-hydrogen) atoms. The van der Waals surface area contributed by atoms with E-state index in [0.29, 0.717) is 19.0 Å². The third kappa shape index (κ3) is 4.63. The second-order valence-electron chi connectivity index (χ2n) is 6.10. The van der Waals surface area contributed by atoms with Gasteiger partial charge in [-0.25, -0.2) is 0 Å². The third-order valence-electron chi connectivity index (χ3n) is 3.37.